The van der Waals surface area contributed by atoms with Gasteiger partial charge in [-0.05, 0) is 41.5 Å². The van der Waals surface area contributed by atoms with Crippen LogP contribution in [0, 0.1) is 0 Å². The van der Waals surface area contributed by atoms with Gasteiger partial charge in [-0.1, -0.05) is 83.8 Å². The van der Waals surface area contributed by atoms with Gasteiger partial charge in [0.25, 0.3) is 5.91 Å². The third-order valence-electron chi connectivity index (χ3n) is 4.65. The van der Waals surface area contributed by atoms with Crippen LogP contribution in [0.15, 0.2) is 77.3 Å². The van der Waals surface area contributed by atoms with E-state index in [9.17, 15) is 4.79 Å². The molecule has 0 radical (unpaired) electrons. The van der Waals surface area contributed by atoms with Crippen molar-refractivity contribution in [1.29, 1.82) is 0 Å². The zero-order valence-electron chi connectivity index (χ0n) is 15.7. The largest absolute Gasteiger partial charge is 0.484 e. The topological polar surface area (TPSA) is 38.3 Å². The van der Waals surface area contributed by atoms with Crippen LogP contribution >= 0.6 is 27.5 Å². The number of anilines is 1. The summed E-state index contributed by atoms with van der Waals surface area (Å²) < 4.78 is 6.46. The molecular weight excluding hydrogens is 438 g/mol. The SMILES string of the molecule is CC(C)(c1ccccc1)c1ccc(OCC(=O)Nc2ccc(Br)cc2Cl)cc1. The first-order chi connectivity index (χ1) is 13.4. The molecule has 0 saturated heterocycles. The fourth-order valence-corrected chi connectivity index (χ4v) is 3.64. The summed E-state index contributed by atoms with van der Waals surface area (Å²) in [4.78, 5) is 12.1. The molecule has 1 amide bonds. The fraction of sp³-hybridized carbons (Fsp3) is 0.174. The number of hydrogen-bond donors (Lipinski definition) is 1. The first kappa shape index (κ1) is 20.4. The normalized spacial score (nSPS) is 11.1. The number of amides is 1. The summed E-state index contributed by atoms with van der Waals surface area (Å²) >= 11 is 9.45. The molecule has 3 rings (SSSR count). The summed E-state index contributed by atoms with van der Waals surface area (Å²) in [5, 5.41) is 3.22. The van der Waals surface area contributed by atoms with Gasteiger partial charge < -0.3 is 10.1 Å². The molecule has 0 atom stereocenters. The minimum atomic E-state index is -0.266. The van der Waals surface area contributed by atoms with Crippen molar-refractivity contribution < 1.29 is 9.53 Å². The molecule has 0 saturated carbocycles. The van der Waals surface area contributed by atoms with E-state index >= 15 is 0 Å². The van der Waals surface area contributed by atoms with Gasteiger partial charge in [0, 0.05) is 9.89 Å². The molecule has 0 unspecified atom stereocenters. The molecule has 5 heteroatoms. The Morgan fingerprint density at radius 1 is 1.00 bits per heavy atom. The van der Waals surface area contributed by atoms with E-state index in [-0.39, 0.29) is 17.9 Å². The molecule has 0 aliphatic rings. The Morgan fingerprint density at radius 3 is 2.29 bits per heavy atom. The number of rotatable bonds is 6. The Kier molecular flexibility index (Phi) is 6.42. The molecule has 3 aromatic rings. The quantitative estimate of drug-likeness (QED) is 0.461. The molecule has 3 nitrogen and oxygen atoms in total. The van der Waals surface area contributed by atoms with Crippen molar-refractivity contribution in [2.75, 3.05) is 11.9 Å². The van der Waals surface area contributed by atoms with Crippen molar-refractivity contribution in [2.24, 2.45) is 0 Å². The number of benzene rings is 3. The minimum absolute atomic E-state index is 0.0895. The van der Waals surface area contributed by atoms with E-state index in [0.29, 0.717) is 16.5 Å². The molecule has 0 aromatic heterocycles. The van der Waals surface area contributed by atoms with E-state index in [4.69, 9.17) is 16.3 Å². The molecule has 144 valence electrons. The van der Waals surface area contributed by atoms with E-state index in [1.165, 1.54) is 11.1 Å². The second-order valence-corrected chi connectivity index (χ2v) is 8.30. The highest BCUT2D eigenvalue weighted by atomic mass is 79.9. The highest BCUT2D eigenvalue weighted by Gasteiger charge is 2.22. The lowest BCUT2D eigenvalue weighted by molar-refractivity contribution is -0.118. The first-order valence-corrected chi connectivity index (χ1v) is 10.1. The molecule has 3 aromatic carbocycles. The molecule has 0 fully saturated rings. The number of nitrogens with one attached hydrogen (secondary N) is 1. The lowest BCUT2D eigenvalue weighted by Crippen LogP contribution is -2.21. The number of carbonyl (C=O) groups is 1. The Bertz CT molecular complexity index is 956. The van der Waals surface area contributed by atoms with Gasteiger partial charge in [-0.2, -0.15) is 0 Å². The summed E-state index contributed by atoms with van der Waals surface area (Å²) in [7, 11) is 0. The third kappa shape index (κ3) is 4.94. The zero-order chi connectivity index (χ0) is 20.1. The van der Waals surface area contributed by atoms with Crippen LogP contribution in [0.1, 0.15) is 25.0 Å². The monoisotopic (exact) mass is 457 g/mol. The number of ether oxygens (including phenoxy) is 1. The van der Waals surface area contributed by atoms with Gasteiger partial charge in [-0.25, -0.2) is 0 Å². The van der Waals surface area contributed by atoms with E-state index in [1.54, 1.807) is 12.1 Å². The molecule has 0 aliphatic carbocycles. The maximum absolute atomic E-state index is 12.1. The van der Waals surface area contributed by atoms with E-state index in [1.807, 2.05) is 48.5 Å². The van der Waals surface area contributed by atoms with E-state index in [0.717, 1.165) is 4.47 Å². The molecule has 0 spiro atoms. The van der Waals surface area contributed by atoms with Crippen LogP contribution in [0.5, 0.6) is 5.75 Å². The maximum Gasteiger partial charge on any atom is 0.262 e. The summed E-state index contributed by atoms with van der Waals surface area (Å²) in [6, 6.07) is 23.5. The standard InChI is InChI=1S/C23H21BrClNO2/c1-23(2,16-6-4-3-5-7-16)17-8-11-19(12-9-17)28-15-22(27)26-21-13-10-18(24)14-20(21)25/h3-14H,15H2,1-2H3,(H,26,27). The summed E-state index contributed by atoms with van der Waals surface area (Å²) in [5.74, 6) is 0.377. The molecular formula is C23H21BrClNO2. The summed E-state index contributed by atoms with van der Waals surface area (Å²) in [6.07, 6.45) is 0. The molecule has 1 N–H and O–H groups in total. The average Bonchev–Trinajstić information content (AvgIpc) is 2.69. The Hall–Kier alpha value is -2.30. The Labute approximate surface area is 178 Å². The maximum atomic E-state index is 12.1. The lowest BCUT2D eigenvalue weighted by atomic mass is 9.78. The van der Waals surface area contributed by atoms with Gasteiger partial charge in [0.05, 0.1) is 10.7 Å². The fourth-order valence-electron chi connectivity index (χ4n) is 2.92. The third-order valence-corrected chi connectivity index (χ3v) is 5.45. The van der Waals surface area contributed by atoms with Crippen LogP contribution in [0.25, 0.3) is 0 Å². The van der Waals surface area contributed by atoms with Crippen LogP contribution in [0.3, 0.4) is 0 Å². The van der Waals surface area contributed by atoms with Crippen molar-refractivity contribution >= 4 is 39.1 Å². The average molecular weight is 459 g/mol. The highest BCUT2D eigenvalue weighted by Crippen LogP contribution is 2.32. The van der Waals surface area contributed by atoms with Crippen molar-refractivity contribution in [1.82, 2.24) is 0 Å². The van der Waals surface area contributed by atoms with E-state index in [2.05, 4.69) is 47.2 Å². The van der Waals surface area contributed by atoms with Crippen molar-refractivity contribution in [2.45, 2.75) is 19.3 Å². The van der Waals surface area contributed by atoms with Gasteiger partial charge in [0.1, 0.15) is 5.75 Å². The molecule has 0 bridgehead atoms. The van der Waals surface area contributed by atoms with Gasteiger partial charge in [0.2, 0.25) is 0 Å². The van der Waals surface area contributed by atoms with Gasteiger partial charge in [-0.3, -0.25) is 4.79 Å². The smallest absolute Gasteiger partial charge is 0.262 e. The summed E-state index contributed by atoms with van der Waals surface area (Å²) in [6.45, 7) is 4.29. The molecule has 0 heterocycles. The predicted octanol–water partition coefficient (Wildman–Crippen LogP) is 6.45. The minimum Gasteiger partial charge on any atom is -0.484 e. The Morgan fingerprint density at radius 2 is 1.64 bits per heavy atom. The molecule has 0 aliphatic heterocycles. The van der Waals surface area contributed by atoms with Crippen LogP contribution in [-0.2, 0) is 10.2 Å². The van der Waals surface area contributed by atoms with Crippen LogP contribution < -0.4 is 10.1 Å². The van der Waals surface area contributed by atoms with Crippen molar-refractivity contribution in [3.63, 3.8) is 0 Å². The zero-order valence-corrected chi connectivity index (χ0v) is 18.0. The van der Waals surface area contributed by atoms with Crippen LogP contribution in [-0.4, -0.2) is 12.5 Å². The van der Waals surface area contributed by atoms with Crippen LogP contribution in [0.4, 0.5) is 5.69 Å². The summed E-state index contributed by atoms with van der Waals surface area (Å²) in [5.41, 5.74) is 2.86. The van der Waals surface area contributed by atoms with Crippen molar-refractivity contribution in [3.05, 3.63) is 93.4 Å². The van der Waals surface area contributed by atoms with Crippen molar-refractivity contribution in [3.8, 4) is 5.75 Å². The second-order valence-electron chi connectivity index (χ2n) is 6.98. The first-order valence-electron chi connectivity index (χ1n) is 8.90. The van der Waals surface area contributed by atoms with Gasteiger partial charge in [-0.15, -0.1) is 0 Å². The van der Waals surface area contributed by atoms with Gasteiger partial charge in [0.15, 0.2) is 6.61 Å². The second kappa shape index (κ2) is 8.80. The number of carbonyl (C=O) groups excluding carboxylic acids is 1. The Balaban J connectivity index is 1.61. The number of halogens is 2. The highest BCUT2D eigenvalue weighted by molar-refractivity contribution is 9.10. The molecule has 28 heavy (non-hydrogen) atoms. The number of hydrogen-bond acceptors (Lipinski definition) is 2. The van der Waals surface area contributed by atoms with Gasteiger partial charge >= 0.3 is 0 Å². The predicted molar refractivity (Wildman–Crippen MR) is 118 cm³/mol. The lowest BCUT2D eigenvalue weighted by Gasteiger charge is -2.26. The van der Waals surface area contributed by atoms with Crippen LogP contribution in [0.2, 0.25) is 5.02 Å². The van der Waals surface area contributed by atoms with E-state index < -0.39 is 0 Å².